The number of carbonyl (C=O) groups excluding carboxylic acids is 1. The van der Waals surface area contributed by atoms with E-state index in [1.807, 2.05) is 0 Å². The lowest BCUT2D eigenvalue weighted by Gasteiger charge is -2.46. The minimum Gasteiger partial charge on any atom is -0.461 e. The molecule has 1 aromatic heterocycles. The quantitative estimate of drug-likeness (QED) is 0.336. The van der Waals surface area contributed by atoms with Crippen molar-refractivity contribution in [2.24, 2.45) is 0 Å². The van der Waals surface area contributed by atoms with Crippen molar-refractivity contribution in [3.8, 4) is 12.1 Å². The van der Waals surface area contributed by atoms with Crippen molar-refractivity contribution in [1.82, 2.24) is 19.8 Å². The first kappa shape index (κ1) is 28.9. The number of nitriles is 1. The summed E-state index contributed by atoms with van der Waals surface area (Å²) in [5.41, 5.74) is 5.88. The number of rotatable bonds is 6. The molecule has 10 heteroatoms. The van der Waals surface area contributed by atoms with E-state index in [9.17, 15) is 14.4 Å². The smallest absolute Gasteiger partial charge is 0.318 e. The molecule has 45 heavy (non-hydrogen) atoms. The highest BCUT2D eigenvalue weighted by molar-refractivity contribution is 5.91. The summed E-state index contributed by atoms with van der Waals surface area (Å²) in [6.45, 7) is 6.80. The largest absolute Gasteiger partial charge is 0.461 e. The molecule has 4 atom stereocenters. The van der Waals surface area contributed by atoms with E-state index in [0.717, 1.165) is 62.3 Å². The zero-order chi connectivity index (χ0) is 30.7. The Morgan fingerprint density at radius 1 is 1.11 bits per heavy atom. The molecule has 236 valence electrons. The van der Waals surface area contributed by atoms with Gasteiger partial charge < -0.3 is 19.3 Å². The Hall–Kier alpha value is -3.55. The molecular weight excluding hydrogens is 571 g/mol. The standard InChI is InChI=1S/C35H41FN6O3/c1-22(36)33(43)41-18-19-42-30(27(41)12-15-37)31-29-26(20-28(45-31)25-11-5-9-23-8-3-2-4-10-24(23)25)38-34(39-32(29)42)44-21-35-13-6-16-40(35)17-7-14-35/h5,9,11,27-28,30-31H,1-4,6-8,10,12-14,16-21H2/t27-,28+,30?,31-/m0/s1. The molecule has 0 N–H and O–H groups in total. The second-order valence-corrected chi connectivity index (χ2v) is 13.7. The van der Waals surface area contributed by atoms with E-state index < -0.39 is 29.9 Å². The fraction of sp³-hybridized carbons (Fsp3) is 0.600. The number of aryl methyl sites for hydroxylation is 1. The number of halogens is 1. The Kier molecular flexibility index (Phi) is 7.29. The van der Waals surface area contributed by atoms with Crippen molar-refractivity contribution in [1.29, 1.82) is 5.26 Å². The van der Waals surface area contributed by atoms with Crippen LogP contribution < -0.4 is 9.64 Å². The lowest BCUT2D eigenvalue weighted by atomic mass is 9.87. The van der Waals surface area contributed by atoms with Gasteiger partial charge in [0.2, 0.25) is 0 Å². The molecule has 9 nitrogen and oxygen atoms in total. The molecule has 0 saturated carbocycles. The highest BCUT2D eigenvalue weighted by Crippen LogP contribution is 2.52. The molecule has 6 heterocycles. The van der Waals surface area contributed by atoms with Gasteiger partial charge in [0.15, 0.2) is 5.83 Å². The minimum absolute atomic E-state index is 0.0455. The van der Waals surface area contributed by atoms with Crippen LogP contribution in [0.25, 0.3) is 0 Å². The summed E-state index contributed by atoms with van der Waals surface area (Å²) in [6, 6.07) is 8.23. The van der Waals surface area contributed by atoms with Crippen LogP contribution in [-0.2, 0) is 28.8 Å². The van der Waals surface area contributed by atoms with Crippen molar-refractivity contribution in [2.75, 3.05) is 37.7 Å². The summed E-state index contributed by atoms with van der Waals surface area (Å²) < 4.78 is 27.8. The van der Waals surface area contributed by atoms with Crippen LogP contribution >= 0.6 is 0 Å². The topological polar surface area (TPSA) is 94.8 Å². The average Bonchev–Trinajstić information content (AvgIpc) is 3.65. The molecule has 1 aromatic carbocycles. The van der Waals surface area contributed by atoms with E-state index in [2.05, 4.69) is 40.6 Å². The number of piperazine rings is 1. The van der Waals surface area contributed by atoms with E-state index >= 15 is 0 Å². The fourth-order valence-corrected chi connectivity index (χ4v) is 9.33. The molecule has 1 unspecified atom stereocenters. The second kappa shape index (κ2) is 11.4. The normalized spacial score (nSPS) is 28.0. The number of carbonyl (C=O) groups is 1. The number of aromatic nitrogens is 2. The molecule has 8 rings (SSSR count). The minimum atomic E-state index is -1.01. The Morgan fingerprint density at radius 3 is 2.73 bits per heavy atom. The number of anilines is 1. The van der Waals surface area contributed by atoms with Crippen LogP contribution in [0, 0.1) is 11.3 Å². The van der Waals surface area contributed by atoms with Gasteiger partial charge in [0, 0.05) is 25.1 Å². The molecule has 1 amide bonds. The molecule has 0 spiro atoms. The third-order valence-corrected chi connectivity index (χ3v) is 11.4. The van der Waals surface area contributed by atoms with Crippen LogP contribution in [0.1, 0.15) is 91.5 Å². The zero-order valence-electron chi connectivity index (χ0n) is 25.8. The molecule has 6 aliphatic rings. The summed E-state index contributed by atoms with van der Waals surface area (Å²) in [5.74, 6) is -1.02. The van der Waals surface area contributed by atoms with Crippen LogP contribution in [0.15, 0.2) is 30.6 Å². The third kappa shape index (κ3) is 4.73. The Bertz CT molecular complexity index is 1560. The average molecular weight is 613 g/mol. The maximum atomic E-state index is 14.2. The molecule has 0 radical (unpaired) electrons. The predicted molar refractivity (Wildman–Crippen MR) is 165 cm³/mol. The van der Waals surface area contributed by atoms with Crippen molar-refractivity contribution in [3.05, 3.63) is 58.6 Å². The van der Waals surface area contributed by atoms with Gasteiger partial charge in [-0.1, -0.05) is 31.2 Å². The monoisotopic (exact) mass is 612 g/mol. The van der Waals surface area contributed by atoms with Crippen LogP contribution in [0.4, 0.5) is 10.2 Å². The maximum absolute atomic E-state index is 14.2. The number of nitrogens with zero attached hydrogens (tertiary/aromatic N) is 6. The lowest BCUT2D eigenvalue weighted by Crippen LogP contribution is -2.61. The summed E-state index contributed by atoms with van der Waals surface area (Å²) in [4.78, 5) is 29.3. The fourth-order valence-electron chi connectivity index (χ4n) is 9.33. The van der Waals surface area contributed by atoms with Crippen molar-refractivity contribution < 1.29 is 18.7 Å². The van der Waals surface area contributed by atoms with Gasteiger partial charge in [-0.2, -0.15) is 15.2 Å². The van der Waals surface area contributed by atoms with Crippen LogP contribution in [0.3, 0.4) is 0 Å². The lowest BCUT2D eigenvalue weighted by molar-refractivity contribution is -0.134. The van der Waals surface area contributed by atoms with Gasteiger partial charge in [-0.25, -0.2) is 4.39 Å². The zero-order valence-corrected chi connectivity index (χ0v) is 25.8. The number of hydrogen-bond donors (Lipinski definition) is 0. The molecule has 5 aliphatic heterocycles. The molecule has 1 aliphatic carbocycles. The number of fused-ring (bicyclic) bond motifs is 5. The van der Waals surface area contributed by atoms with Crippen LogP contribution in [0.5, 0.6) is 6.01 Å². The summed E-state index contributed by atoms with van der Waals surface area (Å²) >= 11 is 0. The van der Waals surface area contributed by atoms with Crippen LogP contribution in [-0.4, -0.2) is 76.1 Å². The highest BCUT2D eigenvalue weighted by atomic mass is 19.1. The predicted octanol–water partition coefficient (Wildman–Crippen LogP) is 4.90. The van der Waals surface area contributed by atoms with Crippen molar-refractivity contribution >= 4 is 11.7 Å². The van der Waals surface area contributed by atoms with Crippen LogP contribution in [0.2, 0.25) is 0 Å². The molecular formula is C35H41FN6O3. The van der Waals surface area contributed by atoms with Gasteiger partial charge in [-0.3, -0.25) is 9.69 Å². The second-order valence-electron chi connectivity index (χ2n) is 13.7. The van der Waals surface area contributed by atoms with Gasteiger partial charge >= 0.3 is 6.01 Å². The van der Waals surface area contributed by atoms with Crippen molar-refractivity contribution in [2.45, 2.75) is 100 Å². The number of amides is 1. The summed E-state index contributed by atoms with van der Waals surface area (Å²) in [7, 11) is 0. The SMILES string of the molecule is C=C(F)C(=O)N1CCN2c3nc(OCC45CCCN4CCC5)nc4c3[C@H](O[C@@H](c3cccc5c3CCCCC5)C4)C2[C@@H]1CC#N. The molecule has 0 bridgehead atoms. The van der Waals surface area contributed by atoms with Gasteiger partial charge in [0.1, 0.15) is 18.5 Å². The van der Waals surface area contributed by atoms with E-state index in [1.54, 1.807) is 0 Å². The third-order valence-electron chi connectivity index (χ3n) is 11.4. The summed E-state index contributed by atoms with van der Waals surface area (Å²) in [5, 5.41) is 9.89. The Labute approximate surface area is 264 Å². The molecule has 3 fully saturated rings. The van der Waals surface area contributed by atoms with Gasteiger partial charge in [-0.05, 0) is 81.1 Å². The van der Waals surface area contributed by atoms with Gasteiger partial charge in [0.25, 0.3) is 5.91 Å². The van der Waals surface area contributed by atoms with E-state index in [1.165, 1.54) is 47.3 Å². The summed E-state index contributed by atoms with van der Waals surface area (Å²) in [6.07, 6.45) is 10.3. The first-order valence-electron chi connectivity index (χ1n) is 16.8. The number of benzene rings is 1. The number of ether oxygens (including phenoxy) is 2. The van der Waals surface area contributed by atoms with E-state index in [-0.39, 0.29) is 24.6 Å². The highest BCUT2D eigenvalue weighted by Gasteiger charge is 2.54. The molecule has 3 saturated heterocycles. The Balaban J connectivity index is 1.19. The van der Waals surface area contributed by atoms with E-state index in [0.29, 0.717) is 25.6 Å². The molecule has 2 aromatic rings. The van der Waals surface area contributed by atoms with Gasteiger partial charge in [0.05, 0.1) is 41.9 Å². The Morgan fingerprint density at radius 2 is 1.93 bits per heavy atom. The first-order chi connectivity index (χ1) is 22.0. The maximum Gasteiger partial charge on any atom is 0.318 e. The van der Waals surface area contributed by atoms with Gasteiger partial charge in [-0.15, -0.1) is 0 Å². The first-order valence-corrected chi connectivity index (χ1v) is 16.8. The number of hydrogen-bond acceptors (Lipinski definition) is 8. The van der Waals surface area contributed by atoms with E-state index in [4.69, 9.17) is 19.4 Å². The van der Waals surface area contributed by atoms with Crippen molar-refractivity contribution in [3.63, 3.8) is 0 Å².